The number of nitrogens with two attached hydrogens (primary N) is 1. The highest BCUT2D eigenvalue weighted by Crippen LogP contribution is 2.15. The van der Waals surface area contributed by atoms with E-state index in [1.165, 1.54) is 6.42 Å². The molecule has 0 bridgehead atoms. The van der Waals surface area contributed by atoms with E-state index in [1.54, 1.807) is 24.3 Å². The number of primary amides is 1. The first kappa shape index (κ1) is 14.3. The molecule has 1 unspecified atom stereocenters. The number of nitrogens with one attached hydrogen (secondary N) is 3. The SMILES string of the molecule is NC(=O)Nc1ccc(NC(=O)CCC2CCCN2)cc1. The van der Waals surface area contributed by atoms with E-state index < -0.39 is 6.03 Å². The van der Waals surface area contributed by atoms with Crippen LogP contribution in [0.4, 0.5) is 16.2 Å². The molecule has 1 aromatic rings. The fourth-order valence-corrected chi connectivity index (χ4v) is 2.31. The fourth-order valence-electron chi connectivity index (χ4n) is 2.31. The third-order valence-corrected chi connectivity index (χ3v) is 3.32. The first-order chi connectivity index (χ1) is 9.63. The number of amides is 3. The second kappa shape index (κ2) is 6.91. The summed E-state index contributed by atoms with van der Waals surface area (Å²) >= 11 is 0. The molecule has 1 aromatic carbocycles. The van der Waals surface area contributed by atoms with Crippen LogP contribution in [0.5, 0.6) is 0 Å². The summed E-state index contributed by atoms with van der Waals surface area (Å²) < 4.78 is 0. The van der Waals surface area contributed by atoms with Crippen LogP contribution in [0, 0.1) is 0 Å². The Labute approximate surface area is 118 Å². The maximum Gasteiger partial charge on any atom is 0.316 e. The second-order valence-electron chi connectivity index (χ2n) is 4.95. The lowest BCUT2D eigenvalue weighted by Gasteiger charge is -2.10. The van der Waals surface area contributed by atoms with Crippen molar-refractivity contribution in [3.63, 3.8) is 0 Å². The predicted octanol–water partition coefficient (Wildman–Crippen LogP) is 1.65. The molecule has 0 aliphatic carbocycles. The monoisotopic (exact) mass is 276 g/mol. The van der Waals surface area contributed by atoms with E-state index in [2.05, 4.69) is 16.0 Å². The van der Waals surface area contributed by atoms with Crippen molar-refractivity contribution in [2.24, 2.45) is 5.73 Å². The molecular formula is C14H20N4O2. The highest BCUT2D eigenvalue weighted by Gasteiger charge is 2.15. The zero-order valence-electron chi connectivity index (χ0n) is 11.3. The van der Waals surface area contributed by atoms with Crippen LogP contribution in [0.1, 0.15) is 25.7 Å². The van der Waals surface area contributed by atoms with Crippen molar-refractivity contribution in [2.45, 2.75) is 31.7 Å². The van der Waals surface area contributed by atoms with E-state index in [-0.39, 0.29) is 5.91 Å². The van der Waals surface area contributed by atoms with Crippen molar-refractivity contribution >= 4 is 23.3 Å². The van der Waals surface area contributed by atoms with Crippen molar-refractivity contribution in [2.75, 3.05) is 17.2 Å². The number of carbonyl (C=O) groups excluding carboxylic acids is 2. The highest BCUT2D eigenvalue weighted by atomic mass is 16.2. The number of hydrogen-bond acceptors (Lipinski definition) is 3. The Morgan fingerprint density at radius 3 is 2.40 bits per heavy atom. The summed E-state index contributed by atoms with van der Waals surface area (Å²) in [5.41, 5.74) is 6.33. The van der Waals surface area contributed by atoms with Gasteiger partial charge in [-0.2, -0.15) is 0 Å². The maximum atomic E-state index is 11.8. The number of anilines is 2. The van der Waals surface area contributed by atoms with Crippen LogP contribution in [-0.2, 0) is 4.79 Å². The Bertz CT molecular complexity index is 467. The van der Waals surface area contributed by atoms with Gasteiger partial charge in [0.05, 0.1) is 0 Å². The van der Waals surface area contributed by atoms with Crippen LogP contribution >= 0.6 is 0 Å². The van der Waals surface area contributed by atoms with E-state index in [9.17, 15) is 9.59 Å². The van der Waals surface area contributed by atoms with Crippen molar-refractivity contribution in [1.29, 1.82) is 0 Å². The number of benzene rings is 1. The van der Waals surface area contributed by atoms with Gasteiger partial charge in [0.15, 0.2) is 0 Å². The van der Waals surface area contributed by atoms with Crippen LogP contribution in [0.3, 0.4) is 0 Å². The third kappa shape index (κ3) is 4.55. The molecule has 0 radical (unpaired) electrons. The topological polar surface area (TPSA) is 96.2 Å². The lowest BCUT2D eigenvalue weighted by molar-refractivity contribution is -0.116. The molecule has 3 amide bonds. The summed E-state index contributed by atoms with van der Waals surface area (Å²) in [6.45, 7) is 1.06. The minimum atomic E-state index is -0.606. The molecule has 0 saturated carbocycles. The van der Waals surface area contributed by atoms with Gasteiger partial charge in [-0.25, -0.2) is 4.79 Å². The molecule has 108 valence electrons. The normalized spacial score (nSPS) is 17.7. The van der Waals surface area contributed by atoms with Gasteiger partial charge >= 0.3 is 6.03 Å². The molecule has 1 fully saturated rings. The van der Waals surface area contributed by atoms with E-state index in [0.717, 1.165) is 19.4 Å². The molecule has 6 heteroatoms. The van der Waals surface area contributed by atoms with Crippen molar-refractivity contribution in [3.8, 4) is 0 Å². The summed E-state index contributed by atoms with van der Waals surface area (Å²) in [7, 11) is 0. The Balaban J connectivity index is 1.76. The quantitative estimate of drug-likeness (QED) is 0.658. The predicted molar refractivity (Wildman–Crippen MR) is 78.5 cm³/mol. The first-order valence-electron chi connectivity index (χ1n) is 6.83. The van der Waals surface area contributed by atoms with E-state index in [4.69, 9.17) is 5.73 Å². The molecule has 0 spiro atoms. The Hall–Kier alpha value is -2.08. The van der Waals surface area contributed by atoms with E-state index in [1.807, 2.05) is 0 Å². The summed E-state index contributed by atoms with van der Waals surface area (Å²) in [4.78, 5) is 22.5. The average Bonchev–Trinajstić information content (AvgIpc) is 2.91. The number of hydrogen-bond donors (Lipinski definition) is 4. The zero-order chi connectivity index (χ0) is 14.4. The molecule has 20 heavy (non-hydrogen) atoms. The van der Waals surface area contributed by atoms with Crippen LogP contribution in [0.15, 0.2) is 24.3 Å². The maximum absolute atomic E-state index is 11.8. The van der Waals surface area contributed by atoms with Crippen LogP contribution in [0.2, 0.25) is 0 Å². The van der Waals surface area contributed by atoms with Gasteiger partial charge in [0.1, 0.15) is 0 Å². The lowest BCUT2D eigenvalue weighted by atomic mass is 10.1. The standard InChI is InChI=1S/C14H20N4O2/c15-14(20)18-12-5-3-11(4-6-12)17-13(19)8-7-10-2-1-9-16-10/h3-6,10,16H,1-2,7-9H2,(H,17,19)(H3,15,18,20). The van der Waals surface area contributed by atoms with Gasteiger partial charge < -0.3 is 21.7 Å². The van der Waals surface area contributed by atoms with Gasteiger partial charge in [0.2, 0.25) is 5.91 Å². The minimum Gasteiger partial charge on any atom is -0.351 e. The van der Waals surface area contributed by atoms with Crippen LogP contribution < -0.4 is 21.7 Å². The molecule has 1 heterocycles. The number of carbonyl (C=O) groups is 2. The van der Waals surface area contributed by atoms with Gasteiger partial charge in [0.25, 0.3) is 0 Å². The van der Waals surface area contributed by atoms with Gasteiger partial charge in [0, 0.05) is 23.8 Å². The van der Waals surface area contributed by atoms with Crippen molar-refractivity contribution in [1.82, 2.24) is 5.32 Å². The molecule has 0 aromatic heterocycles. The lowest BCUT2D eigenvalue weighted by Crippen LogP contribution is -2.23. The number of rotatable bonds is 5. The summed E-state index contributed by atoms with van der Waals surface area (Å²) in [5, 5.41) is 8.67. The third-order valence-electron chi connectivity index (χ3n) is 3.32. The fraction of sp³-hybridized carbons (Fsp3) is 0.429. The summed E-state index contributed by atoms with van der Waals surface area (Å²) in [6.07, 6.45) is 3.73. The molecule has 6 nitrogen and oxygen atoms in total. The molecule has 2 rings (SSSR count). The minimum absolute atomic E-state index is 0.00862. The van der Waals surface area contributed by atoms with Gasteiger partial charge in [-0.05, 0) is 50.1 Å². The Morgan fingerprint density at radius 1 is 1.20 bits per heavy atom. The molecule has 1 aliphatic rings. The van der Waals surface area contributed by atoms with Crippen LogP contribution in [0.25, 0.3) is 0 Å². The van der Waals surface area contributed by atoms with Crippen molar-refractivity contribution in [3.05, 3.63) is 24.3 Å². The van der Waals surface area contributed by atoms with Crippen LogP contribution in [-0.4, -0.2) is 24.5 Å². The Kier molecular flexibility index (Phi) is 4.95. The molecule has 1 saturated heterocycles. The molecular weight excluding hydrogens is 256 g/mol. The highest BCUT2D eigenvalue weighted by molar-refractivity contribution is 5.91. The molecule has 5 N–H and O–H groups in total. The number of urea groups is 1. The summed E-state index contributed by atoms with van der Waals surface area (Å²) in [5.74, 6) is 0.00862. The molecule has 1 aliphatic heterocycles. The Morgan fingerprint density at radius 2 is 1.85 bits per heavy atom. The molecule has 1 atom stereocenters. The average molecular weight is 276 g/mol. The van der Waals surface area contributed by atoms with E-state index >= 15 is 0 Å². The van der Waals surface area contributed by atoms with E-state index in [0.29, 0.717) is 23.8 Å². The first-order valence-corrected chi connectivity index (χ1v) is 6.83. The largest absolute Gasteiger partial charge is 0.351 e. The zero-order valence-corrected chi connectivity index (χ0v) is 11.3. The second-order valence-corrected chi connectivity index (χ2v) is 4.95. The van der Waals surface area contributed by atoms with Gasteiger partial charge in [-0.1, -0.05) is 0 Å². The van der Waals surface area contributed by atoms with Gasteiger partial charge in [-0.3, -0.25) is 4.79 Å². The van der Waals surface area contributed by atoms with Crippen molar-refractivity contribution < 1.29 is 9.59 Å². The smallest absolute Gasteiger partial charge is 0.316 e. The van der Waals surface area contributed by atoms with Gasteiger partial charge in [-0.15, -0.1) is 0 Å². The summed E-state index contributed by atoms with van der Waals surface area (Å²) in [6, 6.07) is 6.72.